The number of carbonyl (C=O) groups is 1. The Labute approximate surface area is 168 Å². The van der Waals surface area contributed by atoms with Crippen LogP contribution in [0, 0.1) is 11.3 Å². The molecule has 29 heavy (non-hydrogen) atoms. The molecule has 7 nitrogen and oxygen atoms in total. The van der Waals surface area contributed by atoms with E-state index >= 15 is 0 Å². The molecule has 1 aromatic heterocycles. The van der Waals surface area contributed by atoms with Gasteiger partial charge in [-0.1, -0.05) is 6.07 Å². The zero-order valence-corrected chi connectivity index (χ0v) is 15.9. The number of anilines is 5. The maximum absolute atomic E-state index is 12.7. The molecule has 0 spiro atoms. The molecule has 1 aliphatic heterocycles. The van der Waals surface area contributed by atoms with Gasteiger partial charge in [-0.2, -0.15) is 5.26 Å². The summed E-state index contributed by atoms with van der Waals surface area (Å²) in [6, 6.07) is 16.2. The number of pyridine rings is 1. The van der Waals surface area contributed by atoms with Crippen LogP contribution < -0.4 is 16.0 Å². The summed E-state index contributed by atoms with van der Waals surface area (Å²) < 4.78 is 0. The van der Waals surface area contributed by atoms with Gasteiger partial charge in [0.25, 0.3) is 5.91 Å². The number of carbonyl (C=O) groups excluding carboxylic acids is 1. The van der Waals surface area contributed by atoms with Crippen molar-refractivity contribution in [2.75, 3.05) is 16.0 Å². The Morgan fingerprint density at radius 3 is 2.55 bits per heavy atom. The monoisotopic (exact) mass is 385 g/mol. The van der Waals surface area contributed by atoms with Crippen LogP contribution in [0.5, 0.6) is 0 Å². The topological polar surface area (TPSA) is 110 Å². The SMILES string of the molecule is CC(C)(O)c1ccc2c(c1)NC(=O)c1ccc(Nc3ccnc(C#N)c3)cc1N2. The van der Waals surface area contributed by atoms with Crippen LogP contribution in [-0.2, 0) is 5.60 Å². The molecule has 4 rings (SSSR count). The van der Waals surface area contributed by atoms with E-state index in [4.69, 9.17) is 5.26 Å². The average molecular weight is 385 g/mol. The molecule has 0 saturated carbocycles. The Hall–Kier alpha value is -3.89. The summed E-state index contributed by atoms with van der Waals surface area (Å²) in [5.41, 5.74) is 3.99. The largest absolute Gasteiger partial charge is 0.386 e. The Morgan fingerprint density at radius 1 is 1.00 bits per heavy atom. The van der Waals surface area contributed by atoms with E-state index in [1.54, 1.807) is 50.4 Å². The highest BCUT2D eigenvalue weighted by Crippen LogP contribution is 2.36. The number of amides is 1. The average Bonchev–Trinajstić information content (AvgIpc) is 2.82. The zero-order valence-electron chi connectivity index (χ0n) is 15.9. The lowest BCUT2D eigenvalue weighted by Crippen LogP contribution is -2.16. The lowest BCUT2D eigenvalue weighted by molar-refractivity contribution is 0.0786. The molecule has 7 heteroatoms. The molecule has 0 radical (unpaired) electrons. The van der Waals surface area contributed by atoms with Crippen molar-refractivity contribution >= 4 is 34.3 Å². The third-order valence-corrected chi connectivity index (χ3v) is 4.67. The highest BCUT2D eigenvalue weighted by atomic mass is 16.3. The first kappa shape index (κ1) is 18.5. The van der Waals surface area contributed by atoms with Crippen molar-refractivity contribution in [3.8, 4) is 6.07 Å². The van der Waals surface area contributed by atoms with Crippen molar-refractivity contribution in [1.29, 1.82) is 5.26 Å². The molecule has 4 N–H and O–H groups in total. The Bertz CT molecular complexity index is 1160. The fourth-order valence-corrected chi connectivity index (χ4v) is 3.13. The molecular formula is C22H19N5O2. The van der Waals surface area contributed by atoms with Gasteiger partial charge in [0.15, 0.2) is 0 Å². The number of rotatable bonds is 3. The first-order valence-corrected chi connectivity index (χ1v) is 9.06. The number of hydrogen-bond acceptors (Lipinski definition) is 6. The fraction of sp³-hybridized carbons (Fsp3) is 0.136. The zero-order chi connectivity index (χ0) is 20.6. The summed E-state index contributed by atoms with van der Waals surface area (Å²) in [4.78, 5) is 16.7. The number of aromatic nitrogens is 1. The first-order chi connectivity index (χ1) is 13.8. The normalized spacial score (nSPS) is 12.6. The van der Waals surface area contributed by atoms with Crippen LogP contribution in [0.4, 0.5) is 28.4 Å². The van der Waals surface area contributed by atoms with Crippen molar-refractivity contribution < 1.29 is 9.90 Å². The third kappa shape index (κ3) is 3.74. The van der Waals surface area contributed by atoms with Crippen LogP contribution in [0.2, 0.25) is 0 Å². The first-order valence-electron chi connectivity index (χ1n) is 9.06. The number of benzene rings is 2. The van der Waals surface area contributed by atoms with Crippen molar-refractivity contribution in [2.45, 2.75) is 19.4 Å². The van der Waals surface area contributed by atoms with Gasteiger partial charge in [-0.25, -0.2) is 4.98 Å². The molecule has 2 aromatic carbocycles. The molecule has 0 saturated heterocycles. The lowest BCUT2D eigenvalue weighted by atomic mass is 9.97. The second-order valence-electron chi connectivity index (χ2n) is 7.33. The van der Waals surface area contributed by atoms with Gasteiger partial charge in [-0.3, -0.25) is 4.79 Å². The predicted octanol–water partition coefficient (Wildman–Crippen LogP) is 4.23. The minimum atomic E-state index is -1.01. The van der Waals surface area contributed by atoms with Crippen molar-refractivity contribution in [3.63, 3.8) is 0 Å². The number of aliphatic hydroxyl groups is 1. The summed E-state index contributed by atoms with van der Waals surface area (Å²) in [6.07, 6.45) is 1.56. The van der Waals surface area contributed by atoms with E-state index in [2.05, 4.69) is 20.9 Å². The molecule has 1 aliphatic rings. The molecule has 0 atom stereocenters. The van der Waals surface area contributed by atoms with Gasteiger partial charge >= 0.3 is 0 Å². The molecule has 144 valence electrons. The van der Waals surface area contributed by atoms with Crippen LogP contribution >= 0.6 is 0 Å². The van der Waals surface area contributed by atoms with E-state index in [1.165, 1.54) is 0 Å². The number of nitrogens with zero attached hydrogens (tertiary/aromatic N) is 2. The summed E-state index contributed by atoms with van der Waals surface area (Å²) in [5, 5.41) is 28.7. The van der Waals surface area contributed by atoms with Crippen LogP contribution in [0.25, 0.3) is 0 Å². The van der Waals surface area contributed by atoms with Crippen LogP contribution in [-0.4, -0.2) is 16.0 Å². The number of nitriles is 1. The van der Waals surface area contributed by atoms with Gasteiger partial charge in [-0.15, -0.1) is 0 Å². The maximum atomic E-state index is 12.7. The smallest absolute Gasteiger partial charge is 0.257 e. The van der Waals surface area contributed by atoms with Gasteiger partial charge in [0.1, 0.15) is 11.8 Å². The number of hydrogen-bond donors (Lipinski definition) is 4. The van der Waals surface area contributed by atoms with Gasteiger partial charge in [0.05, 0.1) is 28.2 Å². The lowest BCUT2D eigenvalue weighted by Gasteiger charge is -2.20. The summed E-state index contributed by atoms with van der Waals surface area (Å²) >= 11 is 0. The minimum absolute atomic E-state index is 0.235. The van der Waals surface area contributed by atoms with E-state index in [0.29, 0.717) is 28.2 Å². The van der Waals surface area contributed by atoms with E-state index in [0.717, 1.165) is 17.1 Å². The molecular weight excluding hydrogens is 366 g/mol. The van der Waals surface area contributed by atoms with E-state index < -0.39 is 5.60 Å². The summed E-state index contributed by atoms with van der Waals surface area (Å²) in [6.45, 7) is 3.40. The van der Waals surface area contributed by atoms with Crippen molar-refractivity contribution in [3.05, 3.63) is 71.5 Å². The molecule has 1 amide bonds. The summed E-state index contributed by atoms with van der Waals surface area (Å²) in [5.74, 6) is -0.235. The maximum Gasteiger partial charge on any atom is 0.257 e. The van der Waals surface area contributed by atoms with Crippen molar-refractivity contribution in [2.24, 2.45) is 0 Å². The molecule has 0 fully saturated rings. The molecule has 3 aromatic rings. The van der Waals surface area contributed by atoms with Gasteiger partial charge < -0.3 is 21.1 Å². The molecule has 2 heterocycles. The molecule has 0 aliphatic carbocycles. The van der Waals surface area contributed by atoms with Crippen LogP contribution in [0.1, 0.15) is 35.5 Å². The van der Waals surface area contributed by atoms with E-state index in [-0.39, 0.29) is 5.91 Å². The highest BCUT2D eigenvalue weighted by molar-refractivity contribution is 6.12. The Kier molecular flexibility index (Phi) is 4.41. The number of nitrogens with one attached hydrogen (secondary N) is 3. The highest BCUT2D eigenvalue weighted by Gasteiger charge is 2.22. The van der Waals surface area contributed by atoms with Gasteiger partial charge in [0.2, 0.25) is 0 Å². The van der Waals surface area contributed by atoms with E-state index in [9.17, 15) is 9.90 Å². The van der Waals surface area contributed by atoms with Gasteiger partial charge in [-0.05, 0) is 61.9 Å². The Morgan fingerprint density at radius 2 is 1.79 bits per heavy atom. The predicted molar refractivity (Wildman–Crippen MR) is 112 cm³/mol. The number of fused-ring (bicyclic) bond motifs is 2. The standard InChI is InChI=1S/C22H19N5O2/c1-22(2,29)13-3-6-18-20(9-13)27-21(28)17-5-4-14(11-19(17)26-18)25-15-7-8-24-16(10-15)12-23/h3-11,26,29H,1-2H3,(H,24,25)(H,27,28). The second-order valence-corrected chi connectivity index (χ2v) is 7.33. The second kappa shape index (κ2) is 6.93. The quantitative estimate of drug-likeness (QED) is 0.537. The third-order valence-electron chi connectivity index (χ3n) is 4.67. The van der Waals surface area contributed by atoms with Crippen LogP contribution in [0.3, 0.4) is 0 Å². The van der Waals surface area contributed by atoms with E-state index in [1.807, 2.05) is 24.3 Å². The molecule has 0 unspecified atom stereocenters. The minimum Gasteiger partial charge on any atom is -0.386 e. The molecule has 0 bridgehead atoms. The van der Waals surface area contributed by atoms with Crippen LogP contribution in [0.15, 0.2) is 54.7 Å². The fourth-order valence-electron chi connectivity index (χ4n) is 3.13. The Balaban J connectivity index is 1.68. The van der Waals surface area contributed by atoms with Gasteiger partial charge in [0, 0.05) is 17.6 Å². The van der Waals surface area contributed by atoms with Crippen molar-refractivity contribution in [1.82, 2.24) is 4.98 Å². The summed E-state index contributed by atoms with van der Waals surface area (Å²) in [7, 11) is 0.